The van der Waals surface area contributed by atoms with Crippen LogP contribution in [0.15, 0.2) is 66.9 Å². The number of aromatic nitrogens is 1. The highest BCUT2D eigenvalue weighted by Crippen LogP contribution is 2.27. The van der Waals surface area contributed by atoms with Crippen LogP contribution in [0.5, 0.6) is 0 Å². The minimum Gasteiger partial charge on any atom is -0.465 e. The maximum absolute atomic E-state index is 13.6. The number of pyridine rings is 1. The van der Waals surface area contributed by atoms with E-state index in [9.17, 15) is 9.59 Å². The summed E-state index contributed by atoms with van der Waals surface area (Å²) in [6, 6.07) is 19.0. The summed E-state index contributed by atoms with van der Waals surface area (Å²) in [5.41, 5.74) is 4.10. The first kappa shape index (κ1) is 24.2. The molecule has 2 heterocycles. The smallest absolute Gasteiger partial charge is 0.337 e. The molecule has 2 amide bonds. The average Bonchev–Trinajstić information content (AvgIpc) is 2.92. The minimum absolute atomic E-state index is 0.0800. The zero-order valence-electron chi connectivity index (χ0n) is 20.3. The van der Waals surface area contributed by atoms with Crippen molar-refractivity contribution in [3.05, 3.63) is 78.0 Å². The second-order valence-electron chi connectivity index (χ2n) is 8.51. The molecule has 182 valence electrons. The molecule has 1 saturated heterocycles. The number of morpholine rings is 1. The summed E-state index contributed by atoms with van der Waals surface area (Å²) in [5.74, 6) is 0.490. The predicted octanol–water partition coefficient (Wildman–Crippen LogP) is 4.06. The average molecular weight is 475 g/mol. The molecule has 0 unspecified atom stereocenters. The van der Waals surface area contributed by atoms with Crippen molar-refractivity contribution < 1.29 is 19.1 Å². The van der Waals surface area contributed by atoms with E-state index in [1.807, 2.05) is 78.6 Å². The van der Waals surface area contributed by atoms with E-state index in [0.717, 1.165) is 28.2 Å². The van der Waals surface area contributed by atoms with E-state index in [2.05, 4.69) is 4.98 Å². The third-order valence-electron chi connectivity index (χ3n) is 5.93. The second-order valence-corrected chi connectivity index (χ2v) is 8.51. The molecule has 1 aliphatic rings. The molecule has 35 heavy (non-hydrogen) atoms. The summed E-state index contributed by atoms with van der Waals surface area (Å²) >= 11 is 0. The number of anilines is 2. The van der Waals surface area contributed by atoms with Gasteiger partial charge >= 0.3 is 12.0 Å². The van der Waals surface area contributed by atoms with Gasteiger partial charge in [-0.05, 0) is 47.5 Å². The molecule has 0 N–H and O–H groups in total. The van der Waals surface area contributed by atoms with Crippen LogP contribution in [0.1, 0.15) is 15.9 Å². The van der Waals surface area contributed by atoms with Crippen molar-refractivity contribution in [2.75, 3.05) is 57.3 Å². The molecule has 0 saturated carbocycles. The topological polar surface area (TPSA) is 75.2 Å². The van der Waals surface area contributed by atoms with Crippen molar-refractivity contribution in [1.29, 1.82) is 0 Å². The van der Waals surface area contributed by atoms with Crippen molar-refractivity contribution in [2.24, 2.45) is 0 Å². The Labute approximate surface area is 205 Å². The van der Waals surface area contributed by atoms with Gasteiger partial charge in [-0.2, -0.15) is 0 Å². The molecule has 4 rings (SSSR count). The zero-order chi connectivity index (χ0) is 24.8. The highest BCUT2D eigenvalue weighted by atomic mass is 16.5. The van der Waals surface area contributed by atoms with Crippen LogP contribution in [-0.2, 0) is 16.0 Å². The van der Waals surface area contributed by atoms with E-state index in [1.165, 1.54) is 7.11 Å². The van der Waals surface area contributed by atoms with Gasteiger partial charge < -0.3 is 19.3 Å². The molecule has 8 nitrogen and oxygen atoms in total. The van der Waals surface area contributed by atoms with Gasteiger partial charge in [-0.1, -0.05) is 24.3 Å². The molecule has 8 heteroatoms. The Hall–Kier alpha value is -3.91. The largest absolute Gasteiger partial charge is 0.465 e. The van der Waals surface area contributed by atoms with Crippen LogP contribution in [0.2, 0.25) is 0 Å². The van der Waals surface area contributed by atoms with Gasteiger partial charge in [0.2, 0.25) is 0 Å². The maximum atomic E-state index is 13.6. The highest BCUT2D eigenvalue weighted by Gasteiger charge is 2.25. The Morgan fingerprint density at radius 3 is 2.37 bits per heavy atom. The van der Waals surface area contributed by atoms with Crippen LogP contribution in [0.4, 0.5) is 16.3 Å². The Bertz CT molecular complexity index is 1160. The van der Waals surface area contributed by atoms with E-state index in [0.29, 0.717) is 38.4 Å². The molecule has 3 aromatic rings. The van der Waals surface area contributed by atoms with Crippen molar-refractivity contribution in [3.63, 3.8) is 0 Å². The number of methoxy groups -OCH3 is 1. The van der Waals surface area contributed by atoms with Crippen LogP contribution in [0.3, 0.4) is 0 Å². The van der Waals surface area contributed by atoms with Gasteiger partial charge in [-0.25, -0.2) is 14.6 Å². The number of esters is 1. The first-order valence-corrected chi connectivity index (χ1v) is 11.5. The van der Waals surface area contributed by atoms with Crippen LogP contribution in [0, 0.1) is 0 Å². The molecule has 0 radical (unpaired) electrons. The normalized spacial score (nSPS) is 13.3. The number of amides is 2. The van der Waals surface area contributed by atoms with Gasteiger partial charge in [0.15, 0.2) is 0 Å². The lowest BCUT2D eigenvalue weighted by molar-refractivity contribution is 0.0548. The third kappa shape index (κ3) is 5.78. The monoisotopic (exact) mass is 474 g/mol. The van der Waals surface area contributed by atoms with E-state index < -0.39 is 0 Å². The Balaban J connectivity index is 1.64. The number of nitrogens with zero attached hydrogens (tertiary/aromatic N) is 4. The lowest BCUT2D eigenvalue weighted by atomic mass is 10.1. The van der Waals surface area contributed by atoms with Crippen molar-refractivity contribution >= 4 is 23.5 Å². The third-order valence-corrected chi connectivity index (χ3v) is 5.93. The highest BCUT2D eigenvalue weighted by molar-refractivity contribution is 5.93. The molecule has 0 bridgehead atoms. The van der Waals surface area contributed by atoms with Crippen LogP contribution in [0.25, 0.3) is 11.1 Å². The number of benzene rings is 2. The fraction of sp³-hybridized carbons (Fsp3) is 0.296. The lowest BCUT2D eigenvalue weighted by Gasteiger charge is -2.33. The second kappa shape index (κ2) is 11.0. The molecular weight excluding hydrogens is 444 g/mol. The predicted molar refractivity (Wildman–Crippen MR) is 136 cm³/mol. The van der Waals surface area contributed by atoms with Gasteiger partial charge in [-0.15, -0.1) is 0 Å². The minimum atomic E-state index is -0.389. The van der Waals surface area contributed by atoms with Crippen molar-refractivity contribution in [1.82, 2.24) is 9.88 Å². The van der Waals surface area contributed by atoms with Gasteiger partial charge in [0.05, 0.1) is 32.4 Å². The molecular formula is C27H30N4O4. The van der Waals surface area contributed by atoms with E-state index in [1.54, 1.807) is 17.0 Å². The summed E-state index contributed by atoms with van der Waals surface area (Å²) in [6.07, 6.45) is 1.84. The standard InChI is InChI=1S/C27H30N4O4/c1-29(2)25-12-11-23(18-28-25)22-5-4-6-24(17-22)31(27(33)30-13-15-35-16-14-30)19-20-7-9-21(10-8-20)26(32)34-3/h4-12,17-18H,13-16,19H2,1-3H3. The number of carbonyl (C=O) groups excluding carboxylic acids is 2. The van der Waals surface area contributed by atoms with Crippen molar-refractivity contribution in [2.45, 2.75) is 6.54 Å². The van der Waals surface area contributed by atoms with E-state index >= 15 is 0 Å². The Morgan fingerprint density at radius 2 is 1.74 bits per heavy atom. The molecule has 1 aromatic heterocycles. The molecule has 0 atom stereocenters. The molecule has 0 spiro atoms. The first-order valence-electron chi connectivity index (χ1n) is 11.5. The van der Waals surface area contributed by atoms with Gasteiger partial charge in [0.1, 0.15) is 5.82 Å². The summed E-state index contributed by atoms with van der Waals surface area (Å²) in [7, 11) is 5.26. The molecule has 1 aliphatic heterocycles. The van der Waals surface area contributed by atoms with Gasteiger partial charge in [-0.3, -0.25) is 4.90 Å². The SMILES string of the molecule is COC(=O)c1ccc(CN(C(=O)N2CCOCC2)c2cccc(-c3ccc(N(C)C)nc3)c2)cc1. The first-order chi connectivity index (χ1) is 17.0. The van der Waals surface area contributed by atoms with Crippen LogP contribution >= 0.6 is 0 Å². The summed E-state index contributed by atoms with van der Waals surface area (Å²) < 4.78 is 10.2. The van der Waals surface area contributed by atoms with Crippen LogP contribution < -0.4 is 9.80 Å². The fourth-order valence-electron chi connectivity index (χ4n) is 3.92. The summed E-state index contributed by atoms with van der Waals surface area (Å²) in [4.78, 5) is 35.4. The number of carbonyl (C=O) groups is 2. The van der Waals surface area contributed by atoms with E-state index in [4.69, 9.17) is 9.47 Å². The molecule has 0 aliphatic carbocycles. The van der Waals surface area contributed by atoms with Crippen molar-refractivity contribution in [3.8, 4) is 11.1 Å². The lowest BCUT2D eigenvalue weighted by Crippen LogP contribution is -2.48. The summed E-state index contributed by atoms with van der Waals surface area (Å²) in [5, 5.41) is 0. The number of urea groups is 1. The molecule has 2 aromatic carbocycles. The number of rotatable bonds is 6. The number of ether oxygens (including phenoxy) is 2. The number of hydrogen-bond donors (Lipinski definition) is 0. The fourth-order valence-corrected chi connectivity index (χ4v) is 3.92. The van der Waals surface area contributed by atoms with Crippen LogP contribution in [-0.4, -0.2) is 69.4 Å². The number of hydrogen-bond acceptors (Lipinski definition) is 6. The summed E-state index contributed by atoms with van der Waals surface area (Å²) in [6.45, 7) is 2.51. The quantitative estimate of drug-likeness (QED) is 0.502. The maximum Gasteiger partial charge on any atom is 0.337 e. The van der Waals surface area contributed by atoms with Gasteiger partial charge in [0.25, 0.3) is 0 Å². The zero-order valence-corrected chi connectivity index (χ0v) is 20.3. The van der Waals surface area contributed by atoms with E-state index in [-0.39, 0.29) is 12.0 Å². The Kier molecular flexibility index (Phi) is 7.62. The molecule has 1 fully saturated rings. The van der Waals surface area contributed by atoms with Gasteiger partial charge in [0, 0.05) is 44.6 Å². The Morgan fingerprint density at radius 1 is 1.00 bits per heavy atom.